The number of nitrogens with zero attached hydrogens (tertiary/aromatic N) is 5. The maximum Gasteiger partial charge on any atom is 0.167 e. The summed E-state index contributed by atoms with van der Waals surface area (Å²) in [5.74, 6) is 0.673. The summed E-state index contributed by atoms with van der Waals surface area (Å²) >= 11 is 0. The topological polar surface area (TPSA) is 117 Å². The Hall–Kier alpha value is -2.59. The molecule has 0 amide bonds. The van der Waals surface area contributed by atoms with E-state index in [2.05, 4.69) is 27.1 Å². The molecule has 9 nitrogen and oxygen atoms in total. The van der Waals surface area contributed by atoms with Gasteiger partial charge in [0.15, 0.2) is 23.2 Å². The van der Waals surface area contributed by atoms with Gasteiger partial charge >= 0.3 is 0 Å². The first kappa shape index (κ1) is 18.8. The third-order valence-electron chi connectivity index (χ3n) is 5.07. The second-order valence-electron chi connectivity index (χ2n) is 6.91. The van der Waals surface area contributed by atoms with E-state index in [1.54, 1.807) is 4.57 Å². The van der Waals surface area contributed by atoms with E-state index < -0.39 is 24.5 Å². The van der Waals surface area contributed by atoms with Crippen LogP contribution in [0.1, 0.15) is 11.8 Å². The number of aliphatic hydroxyl groups excluding tert-OH is 3. The fourth-order valence-electron chi connectivity index (χ4n) is 3.46. The Morgan fingerprint density at radius 2 is 1.89 bits per heavy atom. The van der Waals surface area contributed by atoms with Crippen LogP contribution in [-0.2, 0) is 11.2 Å². The molecule has 1 aliphatic rings. The molecule has 148 valence electrons. The van der Waals surface area contributed by atoms with Gasteiger partial charge in [0.1, 0.15) is 24.6 Å². The van der Waals surface area contributed by atoms with Gasteiger partial charge in [0.2, 0.25) is 0 Å². The van der Waals surface area contributed by atoms with Crippen LogP contribution in [0.3, 0.4) is 0 Å². The maximum atomic E-state index is 10.3. The predicted octanol–water partition coefficient (Wildman–Crippen LogP) is 0.117. The Morgan fingerprint density at radius 1 is 1.11 bits per heavy atom. The van der Waals surface area contributed by atoms with Crippen LogP contribution in [0.2, 0.25) is 0 Å². The Kier molecular flexibility index (Phi) is 5.23. The standard InChI is InChI=1S/C19H23N5O4/c1-23(8-7-12-5-3-2-4-6-12)17-14-18(21-10-20-17)24(11-22-14)19-16(27)15(26)13(9-25)28-19/h2-6,10-11,13,15-16,19,25-27H,7-9H2,1H3/t13-,15-,16-,19?/m1/s1. The first-order valence-corrected chi connectivity index (χ1v) is 9.15. The lowest BCUT2D eigenvalue weighted by Gasteiger charge is -2.19. The third-order valence-corrected chi connectivity index (χ3v) is 5.07. The van der Waals surface area contributed by atoms with E-state index in [4.69, 9.17) is 4.74 Å². The number of rotatable bonds is 6. The van der Waals surface area contributed by atoms with E-state index in [0.717, 1.165) is 13.0 Å². The van der Waals surface area contributed by atoms with Crippen LogP contribution in [0.15, 0.2) is 43.0 Å². The van der Waals surface area contributed by atoms with Crippen molar-refractivity contribution in [1.82, 2.24) is 19.5 Å². The molecule has 3 N–H and O–H groups in total. The molecule has 1 unspecified atom stereocenters. The van der Waals surface area contributed by atoms with Gasteiger partial charge in [-0.25, -0.2) is 15.0 Å². The summed E-state index contributed by atoms with van der Waals surface area (Å²) in [4.78, 5) is 15.1. The molecule has 2 aromatic heterocycles. The Balaban J connectivity index is 1.58. The van der Waals surface area contributed by atoms with Crippen molar-refractivity contribution in [2.45, 2.75) is 31.0 Å². The maximum absolute atomic E-state index is 10.3. The minimum absolute atomic E-state index is 0.385. The van der Waals surface area contributed by atoms with E-state index in [1.807, 2.05) is 30.1 Å². The van der Waals surface area contributed by atoms with Crippen molar-refractivity contribution < 1.29 is 20.1 Å². The lowest BCUT2D eigenvalue weighted by atomic mass is 10.1. The minimum atomic E-state index is -1.19. The van der Waals surface area contributed by atoms with Gasteiger partial charge in [0.25, 0.3) is 0 Å². The molecular weight excluding hydrogens is 362 g/mol. The van der Waals surface area contributed by atoms with Crippen LogP contribution < -0.4 is 4.90 Å². The molecule has 3 heterocycles. The average molecular weight is 385 g/mol. The number of aromatic nitrogens is 4. The molecule has 0 aliphatic carbocycles. The van der Waals surface area contributed by atoms with Gasteiger partial charge in [-0.05, 0) is 12.0 Å². The Labute approximate surface area is 161 Å². The lowest BCUT2D eigenvalue weighted by molar-refractivity contribution is -0.0511. The number of anilines is 1. The molecule has 0 bridgehead atoms. The highest BCUT2D eigenvalue weighted by Crippen LogP contribution is 2.32. The molecule has 9 heteroatoms. The van der Waals surface area contributed by atoms with Crippen LogP contribution >= 0.6 is 0 Å². The van der Waals surface area contributed by atoms with Crippen LogP contribution in [-0.4, -0.2) is 73.3 Å². The van der Waals surface area contributed by atoms with Crippen LogP contribution in [0.5, 0.6) is 0 Å². The number of likely N-dealkylation sites (N-methyl/N-ethyl adjacent to an activating group) is 1. The molecular formula is C19H23N5O4. The summed E-state index contributed by atoms with van der Waals surface area (Å²) in [6, 6.07) is 10.2. The molecule has 0 spiro atoms. The van der Waals surface area contributed by atoms with E-state index in [-0.39, 0.29) is 6.61 Å². The molecule has 4 atom stereocenters. The van der Waals surface area contributed by atoms with Crippen molar-refractivity contribution in [3.8, 4) is 0 Å². The molecule has 1 saturated heterocycles. The summed E-state index contributed by atoms with van der Waals surface area (Å²) in [5, 5.41) is 29.6. The number of imidazole rings is 1. The van der Waals surface area contributed by atoms with Gasteiger partial charge in [-0.2, -0.15) is 0 Å². The molecule has 0 saturated carbocycles. The highest BCUT2D eigenvalue weighted by atomic mass is 16.6. The van der Waals surface area contributed by atoms with E-state index in [0.29, 0.717) is 17.0 Å². The molecule has 1 aromatic carbocycles. The van der Waals surface area contributed by atoms with Gasteiger partial charge < -0.3 is 25.0 Å². The van der Waals surface area contributed by atoms with Gasteiger partial charge in [-0.15, -0.1) is 0 Å². The zero-order chi connectivity index (χ0) is 19.7. The summed E-state index contributed by atoms with van der Waals surface area (Å²) in [5.41, 5.74) is 2.30. The van der Waals surface area contributed by atoms with Gasteiger partial charge in [-0.3, -0.25) is 4.57 Å². The summed E-state index contributed by atoms with van der Waals surface area (Å²) in [6.07, 6.45) is -0.295. The first-order chi connectivity index (χ1) is 13.6. The molecule has 4 rings (SSSR count). The second-order valence-corrected chi connectivity index (χ2v) is 6.91. The van der Waals surface area contributed by atoms with E-state index >= 15 is 0 Å². The van der Waals surface area contributed by atoms with Crippen LogP contribution in [0, 0.1) is 0 Å². The SMILES string of the molecule is CN(CCc1ccccc1)c1ncnc2c1ncn2C1O[C@H](CO)[C@@H](O)[C@H]1O. The zero-order valence-corrected chi connectivity index (χ0v) is 15.5. The Bertz CT molecular complexity index is 934. The first-order valence-electron chi connectivity index (χ1n) is 9.15. The smallest absolute Gasteiger partial charge is 0.167 e. The van der Waals surface area contributed by atoms with Crippen molar-refractivity contribution in [3.05, 3.63) is 48.5 Å². The summed E-state index contributed by atoms with van der Waals surface area (Å²) in [7, 11) is 1.94. The van der Waals surface area contributed by atoms with Crippen molar-refractivity contribution in [1.29, 1.82) is 0 Å². The molecule has 3 aromatic rings. The predicted molar refractivity (Wildman–Crippen MR) is 102 cm³/mol. The fourth-order valence-corrected chi connectivity index (χ4v) is 3.46. The van der Waals surface area contributed by atoms with Crippen molar-refractivity contribution in [2.24, 2.45) is 0 Å². The highest BCUT2D eigenvalue weighted by molar-refractivity contribution is 5.83. The normalized spacial score (nSPS) is 24.7. The number of fused-ring (bicyclic) bond motifs is 1. The number of hydrogen-bond acceptors (Lipinski definition) is 8. The number of benzene rings is 1. The highest BCUT2D eigenvalue weighted by Gasteiger charge is 2.44. The second kappa shape index (κ2) is 7.80. The average Bonchev–Trinajstić information content (AvgIpc) is 3.28. The third kappa shape index (κ3) is 3.33. The summed E-state index contributed by atoms with van der Waals surface area (Å²) in [6.45, 7) is 0.362. The number of ether oxygens (including phenoxy) is 1. The molecule has 1 fully saturated rings. The summed E-state index contributed by atoms with van der Waals surface area (Å²) < 4.78 is 7.16. The van der Waals surface area contributed by atoms with Crippen molar-refractivity contribution >= 4 is 17.0 Å². The monoisotopic (exact) mass is 385 g/mol. The Morgan fingerprint density at radius 3 is 2.61 bits per heavy atom. The molecule has 28 heavy (non-hydrogen) atoms. The van der Waals surface area contributed by atoms with Gasteiger partial charge in [-0.1, -0.05) is 30.3 Å². The van der Waals surface area contributed by atoms with Crippen LogP contribution in [0.25, 0.3) is 11.2 Å². The quantitative estimate of drug-likeness (QED) is 0.548. The number of aliphatic hydroxyl groups is 3. The van der Waals surface area contributed by atoms with Crippen molar-refractivity contribution in [2.75, 3.05) is 25.1 Å². The van der Waals surface area contributed by atoms with Gasteiger partial charge in [0, 0.05) is 13.6 Å². The fraction of sp³-hybridized carbons (Fsp3) is 0.421. The van der Waals surface area contributed by atoms with E-state index in [1.165, 1.54) is 18.2 Å². The number of hydrogen-bond donors (Lipinski definition) is 3. The van der Waals surface area contributed by atoms with Crippen LogP contribution in [0.4, 0.5) is 5.82 Å². The van der Waals surface area contributed by atoms with Gasteiger partial charge in [0.05, 0.1) is 12.9 Å². The minimum Gasteiger partial charge on any atom is -0.394 e. The van der Waals surface area contributed by atoms with Crippen molar-refractivity contribution in [3.63, 3.8) is 0 Å². The largest absolute Gasteiger partial charge is 0.394 e. The van der Waals surface area contributed by atoms with E-state index in [9.17, 15) is 15.3 Å². The zero-order valence-electron chi connectivity index (χ0n) is 15.5. The molecule has 1 aliphatic heterocycles. The lowest BCUT2D eigenvalue weighted by Crippen LogP contribution is -2.33. The molecule has 0 radical (unpaired) electrons.